The first kappa shape index (κ1) is 14.9. The molecule has 0 saturated carbocycles. The van der Waals surface area contributed by atoms with Crippen LogP contribution in [0.2, 0.25) is 0 Å². The molecule has 1 heterocycles. The summed E-state index contributed by atoms with van der Waals surface area (Å²) in [6.45, 7) is 0.354. The number of carbonyl (C=O) groups is 1. The van der Waals surface area contributed by atoms with Gasteiger partial charge in [0.25, 0.3) is 5.56 Å². The van der Waals surface area contributed by atoms with E-state index in [2.05, 4.69) is 41.6 Å². The SMILES string of the molecule is COC(=O)c1ccc(Cn2cncc(Br)c2=O)c(Br)c1. The zero-order chi connectivity index (χ0) is 14.7. The van der Waals surface area contributed by atoms with E-state index in [0.29, 0.717) is 16.6 Å². The van der Waals surface area contributed by atoms with Gasteiger partial charge in [0.2, 0.25) is 0 Å². The van der Waals surface area contributed by atoms with Gasteiger partial charge in [-0.2, -0.15) is 0 Å². The molecule has 1 aromatic heterocycles. The molecule has 0 spiro atoms. The summed E-state index contributed by atoms with van der Waals surface area (Å²) >= 11 is 6.54. The number of esters is 1. The fourth-order valence-corrected chi connectivity index (χ4v) is 2.49. The van der Waals surface area contributed by atoms with Gasteiger partial charge in [0.1, 0.15) is 4.47 Å². The molecule has 5 nitrogen and oxygen atoms in total. The van der Waals surface area contributed by atoms with Gasteiger partial charge in [0, 0.05) is 10.7 Å². The Morgan fingerprint density at radius 1 is 1.35 bits per heavy atom. The third-order valence-electron chi connectivity index (χ3n) is 2.67. The Bertz CT molecular complexity index is 713. The first-order valence-electron chi connectivity index (χ1n) is 5.59. The Morgan fingerprint density at radius 2 is 2.10 bits per heavy atom. The van der Waals surface area contributed by atoms with Crippen LogP contribution in [0.5, 0.6) is 0 Å². The van der Waals surface area contributed by atoms with Crippen LogP contribution in [0.3, 0.4) is 0 Å². The van der Waals surface area contributed by atoms with Gasteiger partial charge in [0.15, 0.2) is 0 Å². The molecule has 0 atom stereocenters. The van der Waals surface area contributed by atoms with Gasteiger partial charge in [-0.05, 0) is 33.6 Å². The van der Waals surface area contributed by atoms with Crippen molar-refractivity contribution in [2.75, 3.05) is 7.11 Å². The van der Waals surface area contributed by atoms with E-state index >= 15 is 0 Å². The summed E-state index contributed by atoms with van der Waals surface area (Å²) in [5.41, 5.74) is 1.14. The Labute approximate surface area is 131 Å². The molecule has 0 amide bonds. The van der Waals surface area contributed by atoms with E-state index in [4.69, 9.17) is 0 Å². The van der Waals surface area contributed by atoms with E-state index in [1.54, 1.807) is 18.2 Å². The van der Waals surface area contributed by atoms with Crippen molar-refractivity contribution in [1.82, 2.24) is 9.55 Å². The van der Waals surface area contributed by atoms with Gasteiger partial charge < -0.3 is 4.74 Å². The summed E-state index contributed by atoms with van der Waals surface area (Å²) in [6, 6.07) is 5.09. The lowest BCUT2D eigenvalue weighted by atomic mass is 10.1. The average Bonchev–Trinajstić information content (AvgIpc) is 2.45. The Hall–Kier alpha value is -1.47. The second-order valence-corrected chi connectivity index (χ2v) is 5.68. The van der Waals surface area contributed by atoms with Crippen LogP contribution in [0, 0.1) is 0 Å². The predicted octanol–water partition coefficient (Wildman–Crippen LogP) is 2.60. The van der Waals surface area contributed by atoms with Crippen molar-refractivity contribution in [2.45, 2.75) is 6.54 Å². The highest BCUT2D eigenvalue weighted by Gasteiger charge is 2.10. The molecule has 0 radical (unpaired) electrons. The quantitative estimate of drug-likeness (QED) is 0.741. The third kappa shape index (κ3) is 3.16. The van der Waals surface area contributed by atoms with E-state index in [0.717, 1.165) is 10.0 Å². The standard InChI is InChI=1S/C13H10Br2N2O3/c1-20-13(19)8-2-3-9(10(14)4-8)6-17-7-16-5-11(15)12(17)18/h2-5,7H,6H2,1H3. The van der Waals surface area contributed by atoms with E-state index in [1.165, 1.54) is 24.2 Å². The molecule has 0 fully saturated rings. The van der Waals surface area contributed by atoms with Crippen molar-refractivity contribution in [3.05, 3.63) is 61.1 Å². The third-order valence-corrected chi connectivity index (χ3v) is 3.96. The molecular weight excluding hydrogens is 392 g/mol. The zero-order valence-corrected chi connectivity index (χ0v) is 13.6. The Balaban J connectivity index is 2.33. The lowest BCUT2D eigenvalue weighted by Crippen LogP contribution is -2.21. The number of carbonyl (C=O) groups excluding carboxylic acids is 1. The fourth-order valence-electron chi connectivity index (χ4n) is 1.64. The van der Waals surface area contributed by atoms with E-state index < -0.39 is 5.97 Å². The van der Waals surface area contributed by atoms with Crippen LogP contribution >= 0.6 is 31.9 Å². The van der Waals surface area contributed by atoms with Crippen LogP contribution in [-0.2, 0) is 11.3 Å². The average molecular weight is 402 g/mol. The Morgan fingerprint density at radius 3 is 2.75 bits per heavy atom. The van der Waals surface area contributed by atoms with E-state index in [1.807, 2.05) is 0 Å². The van der Waals surface area contributed by atoms with Crippen LogP contribution in [0.15, 0.2) is 44.5 Å². The number of rotatable bonds is 3. The lowest BCUT2D eigenvalue weighted by molar-refractivity contribution is 0.0600. The second kappa shape index (κ2) is 6.32. The molecule has 1 aromatic carbocycles. The summed E-state index contributed by atoms with van der Waals surface area (Å²) in [7, 11) is 1.33. The first-order valence-corrected chi connectivity index (χ1v) is 7.18. The van der Waals surface area contributed by atoms with Crippen molar-refractivity contribution < 1.29 is 9.53 Å². The molecule has 0 aliphatic heterocycles. The lowest BCUT2D eigenvalue weighted by Gasteiger charge is -2.09. The van der Waals surface area contributed by atoms with Crippen molar-refractivity contribution in [3.63, 3.8) is 0 Å². The molecule has 0 saturated heterocycles. The number of nitrogens with zero attached hydrogens (tertiary/aromatic N) is 2. The molecule has 0 unspecified atom stereocenters. The highest BCUT2D eigenvalue weighted by atomic mass is 79.9. The van der Waals surface area contributed by atoms with Gasteiger partial charge in [-0.3, -0.25) is 9.36 Å². The molecule has 0 aliphatic rings. The number of methoxy groups -OCH3 is 1. The Kier molecular flexibility index (Phi) is 4.72. The van der Waals surface area contributed by atoms with Crippen LogP contribution < -0.4 is 5.56 Å². The molecule has 20 heavy (non-hydrogen) atoms. The summed E-state index contributed by atoms with van der Waals surface area (Å²) < 4.78 is 7.26. The second-order valence-electron chi connectivity index (χ2n) is 3.97. The van der Waals surface area contributed by atoms with E-state index in [-0.39, 0.29) is 5.56 Å². The number of hydrogen-bond donors (Lipinski definition) is 0. The molecule has 0 aliphatic carbocycles. The van der Waals surface area contributed by atoms with Gasteiger partial charge >= 0.3 is 5.97 Å². The molecule has 0 N–H and O–H groups in total. The largest absolute Gasteiger partial charge is 0.465 e. The van der Waals surface area contributed by atoms with E-state index in [9.17, 15) is 9.59 Å². The number of hydrogen-bond acceptors (Lipinski definition) is 4. The first-order chi connectivity index (χ1) is 9.52. The predicted molar refractivity (Wildman–Crippen MR) is 80.8 cm³/mol. The molecule has 7 heteroatoms. The monoisotopic (exact) mass is 400 g/mol. The molecular formula is C13H10Br2N2O3. The van der Waals surface area contributed by atoms with Crippen LogP contribution in [0.4, 0.5) is 0 Å². The van der Waals surface area contributed by atoms with Gasteiger partial charge in [-0.1, -0.05) is 22.0 Å². The zero-order valence-electron chi connectivity index (χ0n) is 10.5. The normalized spacial score (nSPS) is 10.3. The minimum absolute atomic E-state index is 0.163. The molecule has 2 rings (SSSR count). The topological polar surface area (TPSA) is 61.2 Å². The minimum atomic E-state index is -0.404. The fraction of sp³-hybridized carbons (Fsp3) is 0.154. The smallest absolute Gasteiger partial charge is 0.337 e. The number of ether oxygens (including phenoxy) is 1. The van der Waals surface area contributed by atoms with Gasteiger partial charge in [0.05, 0.1) is 25.5 Å². The molecule has 0 bridgehead atoms. The summed E-state index contributed by atoms with van der Waals surface area (Å²) in [5, 5.41) is 0. The number of benzene rings is 1. The highest BCUT2D eigenvalue weighted by molar-refractivity contribution is 9.10. The van der Waals surface area contributed by atoms with Crippen LogP contribution in [0.25, 0.3) is 0 Å². The molecule has 2 aromatic rings. The van der Waals surface area contributed by atoms with Crippen molar-refractivity contribution in [1.29, 1.82) is 0 Å². The summed E-state index contributed by atoms with van der Waals surface area (Å²) in [4.78, 5) is 27.3. The van der Waals surface area contributed by atoms with Crippen molar-refractivity contribution in [2.24, 2.45) is 0 Å². The van der Waals surface area contributed by atoms with Crippen LogP contribution in [-0.4, -0.2) is 22.6 Å². The minimum Gasteiger partial charge on any atom is -0.465 e. The highest BCUT2D eigenvalue weighted by Crippen LogP contribution is 2.20. The maximum absolute atomic E-state index is 11.9. The summed E-state index contributed by atoms with van der Waals surface area (Å²) in [5.74, 6) is -0.404. The number of halogens is 2. The summed E-state index contributed by atoms with van der Waals surface area (Å²) in [6.07, 6.45) is 2.92. The maximum atomic E-state index is 11.9. The van der Waals surface area contributed by atoms with Gasteiger partial charge in [-0.15, -0.1) is 0 Å². The van der Waals surface area contributed by atoms with Crippen LogP contribution in [0.1, 0.15) is 15.9 Å². The molecule has 104 valence electrons. The van der Waals surface area contributed by atoms with Crippen molar-refractivity contribution in [3.8, 4) is 0 Å². The maximum Gasteiger partial charge on any atom is 0.337 e. The van der Waals surface area contributed by atoms with Crippen molar-refractivity contribution >= 4 is 37.8 Å². The van der Waals surface area contributed by atoms with Gasteiger partial charge in [-0.25, -0.2) is 9.78 Å². The number of aromatic nitrogens is 2.